The Kier molecular flexibility index (Phi) is 2.26. The minimum Gasteiger partial charge on any atom is -0.330 e. The Morgan fingerprint density at radius 3 is 2.53 bits per heavy atom. The van der Waals surface area contributed by atoms with Crippen LogP contribution in [0.25, 0.3) is 0 Å². The minimum atomic E-state index is -4.37. The number of nitrogens with zero attached hydrogens (tertiary/aromatic N) is 1. The Morgan fingerprint density at radius 1 is 1.47 bits per heavy atom. The first kappa shape index (κ1) is 10.5. The van der Waals surface area contributed by atoms with E-state index in [1.54, 1.807) is 0 Å². The summed E-state index contributed by atoms with van der Waals surface area (Å²) >= 11 is 0. The van der Waals surface area contributed by atoms with Crippen LogP contribution in [-0.4, -0.2) is 16.7 Å². The van der Waals surface area contributed by atoms with Crippen LogP contribution in [0.3, 0.4) is 0 Å². The Hall–Kier alpha value is -1.04. The molecule has 0 spiro atoms. The van der Waals surface area contributed by atoms with Crippen LogP contribution in [0.5, 0.6) is 0 Å². The molecular weight excluding hydrogens is 207 g/mol. The van der Waals surface area contributed by atoms with Crippen molar-refractivity contribution in [3.05, 3.63) is 17.5 Å². The van der Waals surface area contributed by atoms with Crippen LogP contribution in [0, 0.1) is 5.41 Å². The molecule has 1 saturated carbocycles. The van der Waals surface area contributed by atoms with Crippen LogP contribution in [0.15, 0.2) is 6.07 Å². The second-order valence-electron chi connectivity index (χ2n) is 4.16. The molecule has 0 saturated heterocycles. The largest absolute Gasteiger partial charge is 0.435 e. The summed E-state index contributed by atoms with van der Waals surface area (Å²) in [5, 5.41) is 5.66. The maximum Gasteiger partial charge on any atom is 0.435 e. The topological polar surface area (TPSA) is 54.7 Å². The number of aromatic amines is 1. The van der Waals surface area contributed by atoms with Gasteiger partial charge in [-0.05, 0) is 37.3 Å². The fourth-order valence-electron chi connectivity index (χ4n) is 1.63. The SMILES string of the molecule is NCC1(Cc2cc(C(F)(F)F)n[nH]2)CC1. The zero-order valence-electron chi connectivity index (χ0n) is 8.06. The Bertz CT molecular complexity index is 352. The average molecular weight is 219 g/mol. The summed E-state index contributed by atoms with van der Waals surface area (Å²) in [4.78, 5) is 0. The lowest BCUT2D eigenvalue weighted by molar-refractivity contribution is -0.141. The van der Waals surface area contributed by atoms with Crippen LogP contribution < -0.4 is 5.73 Å². The highest BCUT2D eigenvalue weighted by Gasteiger charge is 2.42. The van der Waals surface area contributed by atoms with Gasteiger partial charge in [0.2, 0.25) is 0 Å². The highest BCUT2D eigenvalue weighted by atomic mass is 19.4. The predicted octanol–water partition coefficient (Wildman–Crippen LogP) is 1.71. The van der Waals surface area contributed by atoms with Gasteiger partial charge in [-0.25, -0.2) is 0 Å². The Balaban J connectivity index is 2.08. The second kappa shape index (κ2) is 3.23. The van der Waals surface area contributed by atoms with Crippen molar-refractivity contribution in [2.75, 3.05) is 6.54 Å². The van der Waals surface area contributed by atoms with Crippen LogP contribution in [0.2, 0.25) is 0 Å². The van der Waals surface area contributed by atoms with Crippen molar-refractivity contribution in [3.63, 3.8) is 0 Å². The van der Waals surface area contributed by atoms with Crippen molar-refractivity contribution in [1.29, 1.82) is 0 Å². The predicted molar refractivity (Wildman–Crippen MR) is 48.0 cm³/mol. The van der Waals surface area contributed by atoms with Gasteiger partial charge in [-0.15, -0.1) is 0 Å². The summed E-state index contributed by atoms with van der Waals surface area (Å²) in [5.41, 5.74) is 5.24. The minimum absolute atomic E-state index is 0.0232. The van der Waals surface area contributed by atoms with Crippen molar-refractivity contribution >= 4 is 0 Å². The summed E-state index contributed by atoms with van der Waals surface area (Å²) in [6, 6.07) is 1.07. The second-order valence-corrected chi connectivity index (χ2v) is 4.16. The van der Waals surface area contributed by atoms with Crippen molar-refractivity contribution in [3.8, 4) is 0 Å². The number of nitrogens with two attached hydrogens (primary N) is 1. The van der Waals surface area contributed by atoms with E-state index in [1.807, 2.05) is 0 Å². The summed E-state index contributed by atoms with van der Waals surface area (Å²) in [6.45, 7) is 0.521. The van der Waals surface area contributed by atoms with Gasteiger partial charge in [0.1, 0.15) is 0 Å². The maximum absolute atomic E-state index is 12.2. The van der Waals surface area contributed by atoms with E-state index < -0.39 is 11.9 Å². The number of rotatable bonds is 3. The van der Waals surface area contributed by atoms with Gasteiger partial charge in [-0.2, -0.15) is 18.3 Å². The number of aromatic nitrogens is 2. The third kappa shape index (κ3) is 2.14. The summed E-state index contributed by atoms with van der Waals surface area (Å²) in [7, 11) is 0. The molecule has 0 aliphatic heterocycles. The molecule has 3 N–H and O–H groups in total. The third-order valence-electron chi connectivity index (χ3n) is 2.88. The van der Waals surface area contributed by atoms with E-state index in [0.717, 1.165) is 18.9 Å². The first-order valence-corrected chi connectivity index (χ1v) is 4.77. The number of halogens is 3. The molecule has 2 rings (SSSR count). The number of H-pyrrole nitrogens is 1. The Morgan fingerprint density at radius 2 is 2.13 bits per heavy atom. The summed E-state index contributed by atoms with van der Waals surface area (Å²) in [6.07, 6.45) is -1.82. The molecule has 15 heavy (non-hydrogen) atoms. The molecule has 0 atom stereocenters. The van der Waals surface area contributed by atoms with Gasteiger partial charge in [-0.3, -0.25) is 5.10 Å². The van der Waals surface area contributed by atoms with Gasteiger partial charge in [0.05, 0.1) is 0 Å². The number of alkyl halides is 3. The van der Waals surface area contributed by atoms with E-state index in [2.05, 4.69) is 10.2 Å². The molecule has 0 unspecified atom stereocenters. The van der Waals surface area contributed by atoms with Gasteiger partial charge in [0.15, 0.2) is 5.69 Å². The molecule has 0 radical (unpaired) electrons. The van der Waals surface area contributed by atoms with E-state index in [1.165, 1.54) is 0 Å². The fourth-order valence-corrected chi connectivity index (χ4v) is 1.63. The molecule has 1 aliphatic rings. The summed E-state index contributed by atoms with van der Waals surface area (Å²) < 4.78 is 36.7. The lowest BCUT2D eigenvalue weighted by atomic mass is 10.0. The molecule has 1 aromatic heterocycles. The van der Waals surface area contributed by atoms with Crippen molar-refractivity contribution in [2.45, 2.75) is 25.4 Å². The molecule has 1 aromatic rings. The van der Waals surface area contributed by atoms with Gasteiger partial charge < -0.3 is 5.73 Å². The monoisotopic (exact) mass is 219 g/mol. The van der Waals surface area contributed by atoms with Crippen LogP contribution in [-0.2, 0) is 12.6 Å². The lowest BCUT2D eigenvalue weighted by Gasteiger charge is -2.09. The van der Waals surface area contributed by atoms with E-state index in [9.17, 15) is 13.2 Å². The molecule has 0 aromatic carbocycles. The smallest absolute Gasteiger partial charge is 0.330 e. The number of nitrogens with one attached hydrogen (secondary N) is 1. The molecule has 3 nitrogen and oxygen atoms in total. The first-order chi connectivity index (χ1) is 6.95. The number of hydrogen-bond donors (Lipinski definition) is 2. The van der Waals surface area contributed by atoms with Gasteiger partial charge in [0.25, 0.3) is 0 Å². The third-order valence-corrected chi connectivity index (χ3v) is 2.88. The number of hydrogen-bond acceptors (Lipinski definition) is 2. The highest BCUT2D eigenvalue weighted by molar-refractivity contribution is 5.15. The van der Waals surface area contributed by atoms with Crippen molar-refractivity contribution < 1.29 is 13.2 Å². The van der Waals surface area contributed by atoms with E-state index in [0.29, 0.717) is 18.7 Å². The molecule has 6 heteroatoms. The van der Waals surface area contributed by atoms with E-state index in [4.69, 9.17) is 5.73 Å². The van der Waals surface area contributed by atoms with Gasteiger partial charge >= 0.3 is 6.18 Å². The quantitative estimate of drug-likeness (QED) is 0.813. The van der Waals surface area contributed by atoms with E-state index in [-0.39, 0.29) is 5.41 Å². The van der Waals surface area contributed by atoms with E-state index >= 15 is 0 Å². The van der Waals surface area contributed by atoms with Crippen molar-refractivity contribution in [2.24, 2.45) is 11.1 Å². The lowest BCUT2D eigenvalue weighted by Crippen LogP contribution is -2.18. The van der Waals surface area contributed by atoms with Crippen LogP contribution in [0.4, 0.5) is 13.2 Å². The molecular formula is C9H12F3N3. The summed E-state index contributed by atoms with van der Waals surface area (Å²) in [5.74, 6) is 0. The molecule has 1 fully saturated rings. The first-order valence-electron chi connectivity index (χ1n) is 4.77. The van der Waals surface area contributed by atoms with Crippen LogP contribution >= 0.6 is 0 Å². The molecule has 1 heterocycles. The molecule has 84 valence electrons. The van der Waals surface area contributed by atoms with Gasteiger partial charge in [-0.1, -0.05) is 0 Å². The zero-order chi connectivity index (χ0) is 11.1. The molecule has 1 aliphatic carbocycles. The Labute approximate surface area is 84.8 Å². The standard InChI is InChI=1S/C9H12F3N3/c10-9(11,12)7-3-6(14-15-7)4-8(5-13)1-2-8/h3H,1-2,4-5,13H2,(H,14,15). The normalized spacial score (nSPS) is 19.2. The zero-order valence-corrected chi connectivity index (χ0v) is 8.06. The fraction of sp³-hybridized carbons (Fsp3) is 0.667. The molecule has 0 bridgehead atoms. The highest BCUT2D eigenvalue weighted by Crippen LogP contribution is 2.47. The maximum atomic E-state index is 12.2. The average Bonchev–Trinajstić information content (AvgIpc) is 2.73. The van der Waals surface area contributed by atoms with Crippen molar-refractivity contribution in [1.82, 2.24) is 10.2 Å². The molecule has 0 amide bonds. The van der Waals surface area contributed by atoms with Gasteiger partial charge in [0, 0.05) is 5.69 Å². The van der Waals surface area contributed by atoms with Crippen LogP contribution in [0.1, 0.15) is 24.2 Å².